The maximum atomic E-state index is 5.75. The third-order valence-electron chi connectivity index (χ3n) is 2.79. The van der Waals surface area contributed by atoms with Gasteiger partial charge in [-0.05, 0) is 31.2 Å². The number of guanidine groups is 1. The molecule has 0 fully saturated rings. The van der Waals surface area contributed by atoms with Crippen molar-refractivity contribution in [3.8, 4) is 5.75 Å². The van der Waals surface area contributed by atoms with E-state index in [2.05, 4.69) is 34.9 Å². The Balaban J connectivity index is 2.13. The van der Waals surface area contributed by atoms with Gasteiger partial charge in [-0.25, -0.2) is 0 Å². The van der Waals surface area contributed by atoms with E-state index in [1.54, 1.807) is 7.05 Å². The number of nitrogens with zero attached hydrogens (tertiary/aromatic N) is 1. The summed E-state index contributed by atoms with van der Waals surface area (Å²) in [6, 6.07) is 8.09. The number of aryl methyl sites for hydroxylation is 1. The number of hydrogen-bond acceptors (Lipinski definition) is 3. The van der Waals surface area contributed by atoms with Crippen molar-refractivity contribution in [1.29, 1.82) is 0 Å². The zero-order valence-corrected chi connectivity index (χ0v) is 13.4. The van der Waals surface area contributed by atoms with E-state index in [-0.39, 0.29) is 0 Å². The average Bonchev–Trinajstić information content (AvgIpc) is 2.47. The van der Waals surface area contributed by atoms with Crippen molar-refractivity contribution in [2.24, 2.45) is 4.99 Å². The van der Waals surface area contributed by atoms with E-state index < -0.39 is 0 Å². The lowest BCUT2D eigenvalue weighted by atomic mass is 10.2. The smallest absolute Gasteiger partial charge is 0.191 e. The van der Waals surface area contributed by atoms with Crippen molar-refractivity contribution in [3.05, 3.63) is 29.8 Å². The number of hydrogen-bond donors (Lipinski definition) is 2. The standard InChI is InChI=1S/C15H25N3OS/c1-13-7-4-5-8-14(13)19-11-6-9-17-15(16-2)18-10-12-20-3/h4-5,7-8H,6,9-12H2,1-3H3,(H2,16,17,18). The molecule has 1 rings (SSSR count). The van der Waals surface area contributed by atoms with E-state index in [0.717, 1.165) is 37.0 Å². The molecule has 0 radical (unpaired) electrons. The van der Waals surface area contributed by atoms with Gasteiger partial charge in [0.1, 0.15) is 5.75 Å². The molecule has 0 saturated heterocycles. The quantitative estimate of drug-likeness (QED) is 0.439. The molecule has 0 aromatic heterocycles. The molecule has 0 bridgehead atoms. The summed E-state index contributed by atoms with van der Waals surface area (Å²) in [6.45, 7) is 4.55. The Morgan fingerprint density at radius 2 is 2.00 bits per heavy atom. The minimum absolute atomic E-state index is 0.708. The monoisotopic (exact) mass is 295 g/mol. The summed E-state index contributed by atoms with van der Waals surface area (Å²) in [5.41, 5.74) is 1.18. The summed E-state index contributed by atoms with van der Waals surface area (Å²) >= 11 is 1.82. The van der Waals surface area contributed by atoms with Crippen LogP contribution in [0.1, 0.15) is 12.0 Å². The van der Waals surface area contributed by atoms with Gasteiger partial charge in [-0.3, -0.25) is 4.99 Å². The third kappa shape index (κ3) is 6.70. The van der Waals surface area contributed by atoms with E-state index in [1.807, 2.05) is 30.0 Å². The van der Waals surface area contributed by atoms with Crippen molar-refractivity contribution in [3.63, 3.8) is 0 Å². The van der Waals surface area contributed by atoms with Gasteiger partial charge in [0.15, 0.2) is 5.96 Å². The lowest BCUT2D eigenvalue weighted by Crippen LogP contribution is -2.39. The molecular formula is C15H25N3OS. The first-order chi connectivity index (χ1) is 9.77. The molecule has 0 aliphatic rings. The van der Waals surface area contributed by atoms with Gasteiger partial charge in [0, 0.05) is 25.9 Å². The van der Waals surface area contributed by atoms with Gasteiger partial charge >= 0.3 is 0 Å². The first-order valence-corrected chi connectivity index (χ1v) is 8.29. The molecular weight excluding hydrogens is 270 g/mol. The van der Waals surface area contributed by atoms with Crippen LogP contribution in [0.15, 0.2) is 29.3 Å². The Bertz CT molecular complexity index is 410. The Labute approximate surface area is 126 Å². The van der Waals surface area contributed by atoms with E-state index in [0.29, 0.717) is 6.61 Å². The van der Waals surface area contributed by atoms with E-state index >= 15 is 0 Å². The van der Waals surface area contributed by atoms with Crippen LogP contribution in [-0.2, 0) is 0 Å². The lowest BCUT2D eigenvalue weighted by Gasteiger charge is -2.12. The zero-order valence-electron chi connectivity index (χ0n) is 12.6. The molecule has 4 nitrogen and oxygen atoms in total. The maximum absolute atomic E-state index is 5.75. The fraction of sp³-hybridized carbons (Fsp3) is 0.533. The van der Waals surface area contributed by atoms with Crippen LogP contribution in [0.2, 0.25) is 0 Å². The SMILES string of the molecule is CN=C(NCCCOc1ccccc1C)NCCSC. The van der Waals surface area contributed by atoms with Crippen LogP contribution in [0, 0.1) is 6.92 Å². The van der Waals surface area contributed by atoms with Gasteiger partial charge in [0.05, 0.1) is 6.61 Å². The summed E-state index contributed by atoms with van der Waals surface area (Å²) in [6.07, 6.45) is 3.04. The fourth-order valence-electron chi connectivity index (χ4n) is 1.67. The van der Waals surface area contributed by atoms with Gasteiger partial charge in [-0.15, -0.1) is 0 Å². The van der Waals surface area contributed by atoms with Crippen LogP contribution in [0.5, 0.6) is 5.75 Å². The Morgan fingerprint density at radius 1 is 1.25 bits per heavy atom. The number of para-hydroxylation sites is 1. The van der Waals surface area contributed by atoms with Crippen molar-refractivity contribution in [2.45, 2.75) is 13.3 Å². The molecule has 0 unspecified atom stereocenters. The second kappa shape index (κ2) is 10.4. The van der Waals surface area contributed by atoms with Crippen molar-refractivity contribution >= 4 is 17.7 Å². The van der Waals surface area contributed by atoms with Crippen molar-refractivity contribution < 1.29 is 4.74 Å². The summed E-state index contributed by atoms with van der Waals surface area (Å²) in [4.78, 5) is 4.17. The second-order valence-electron chi connectivity index (χ2n) is 4.39. The molecule has 5 heteroatoms. The van der Waals surface area contributed by atoms with Crippen LogP contribution in [-0.4, -0.2) is 44.7 Å². The molecule has 2 N–H and O–H groups in total. The zero-order chi connectivity index (χ0) is 14.6. The Morgan fingerprint density at radius 3 is 2.70 bits per heavy atom. The molecule has 0 aliphatic heterocycles. The Hall–Kier alpha value is -1.36. The molecule has 0 saturated carbocycles. The number of benzene rings is 1. The van der Waals surface area contributed by atoms with E-state index in [1.165, 1.54) is 5.56 Å². The predicted octanol–water partition coefficient (Wildman–Crippen LogP) is 2.29. The predicted molar refractivity (Wildman–Crippen MR) is 89.0 cm³/mol. The lowest BCUT2D eigenvalue weighted by molar-refractivity contribution is 0.309. The number of rotatable bonds is 8. The number of thioether (sulfide) groups is 1. The Kier molecular flexibility index (Phi) is 8.71. The first kappa shape index (κ1) is 16.7. The van der Waals surface area contributed by atoms with Crippen molar-refractivity contribution in [2.75, 3.05) is 38.8 Å². The number of aliphatic imine (C=N–C) groups is 1. The molecule has 1 aromatic carbocycles. The van der Waals surface area contributed by atoms with Crippen LogP contribution < -0.4 is 15.4 Å². The first-order valence-electron chi connectivity index (χ1n) is 6.90. The van der Waals surface area contributed by atoms with Crippen molar-refractivity contribution in [1.82, 2.24) is 10.6 Å². The van der Waals surface area contributed by atoms with Crippen LogP contribution in [0.25, 0.3) is 0 Å². The second-order valence-corrected chi connectivity index (χ2v) is 5.37. The summed E-state index contributed by atoms with van der Waals surface area (Å²) in [5, 5.41) is 6.54. The summed E-state index contributed by atoms with van der Waals surface area (Å²) in [5.74, 6) is 2.90. The topological polar surface area (TPSA) is 45.7 Å². The largest absolute Gasteiger partial charge is 0.493 e. The number of nitrogens with one attached hydrogen (secondary N) is 2. The molecule has 20 heavy (non-hydrogen) atoms. The number of ether oxygens (including phenoxy) is 1. The van der Waals surface area contributed by atoms with Gasteiger partial charge < -0.3 is 15.4 Å². The average molecular weight is 295 g/mol. The van der Waals surface area contributed by atoms with Gasteiger partial charge in [0.2, 0.25) is 0 Å². The maximum Gasteiger partial charge on any atom is 0.191 e. The molecule has 112 valence electrons. The highest BCUT2D eigenvalue weighted by molar-refractivity contribution is 7.98. The summed E-state index contributed by atoms with van der Waals surface area (Å²) in [7, 11) is 1.79. The highest BCUT2D eigenvalue weighted by Crippen LogP contribution is 2.15. The molecule has 0 atom stereocenters. The molecule has 0 amide bonds. The van der Waals surface area contributed by atoms with E-state index in [9.17, 15) is 0 Å². The molecule has 0 aliphatic carbocycles. The molecule has 0 spiro atoms. The highest BCUT2D eigenvalue weighted by atomic mass is 32.2. The minimum Gasteiger partial charge on any atom is -0.493 e. The van der Waals surface area contributed by atoms with E-state index in [4.69, 9.17) is 4.74 Å². The minimum atomic E-state index is 0.708. The van der Waals surface area contributed by atoms with Crippen LogP contribution in [0.3, 0.4) is 0 Å². The highest BCUT2D eigenvalue weighted by Gasteiger charge is 1.98. The van der Waals surface area contributed by atoms with Gasteiger partial charge in [0.25, 0.3) is 0 Å². The normalized spacial score (nSPS) is 11.2. The molecule has 1 aromatic rings. The van der Waals surface area contributed by atoms with Gasteiger partial charge in [-0.2, -0.15) is 11.8 Å². The summed E-state index contributed by atoms with van der Waals surface area (Å²) < 4.78 is 5.75. The fourth-order valence-corrected chi connectivity index (χ4v) is 1.98. The van der Waals surface area contributed by atoms with Crippen LogP contribution >= 0.6 is 11.8 Å². The van der Waals surface area contributed by atoms with Gasteiger partial charge in [-0.1, -0.05) is 18.2 Å². The third-order valence-corrected chi connectivity index (χ3v) is 3.40. The molecule has 0 heterocycles. The van der Waals surface area contributed by atoms with Crippen LogP contribution in [0.4, 0.5) is 0 Å².